The Morgan fingerprint density at radius 2 is 2.14 bits per heavy atom. The van der Waals surface area contributed by atoms with Crippen LogP contribution in [-0.4, -0.2) is 31.4 Å². The molecular weight excluding hydrogens is 262 g/mol. The molecule has 0 amide bonds. The maximum absolute atomic E-state index is 6.18. The molecule has 0 spiro atoms. The second-order valence-corrected chi connectivity index (χ2v) is 7.04. The molecule has 1 aliphatic carbocycles. The molecule has 2 aliphatic heterocycles. The zero-order valence-corrected chi connectivity index (χ0v) is 12.8. The van der Waals surface area contributed by atoms with E-state index in [1.807, 2.05) is 0 Å². The number of benzene rings is 1. The van der Waals surface area contributed by atoms with Gasteiger partial charge in [0.25, 0.3) is 0 Å². The lowest BCUT2D eigenvalue weighted by Crippen LogP contribution is -2.43. The third-order valence-corrected chi connectivity index (χ3v) is 5.50. The van der Waals surface area contributed by atoms with Gasteiger partial charge >= 0.3 is 0 Å². The fraction of sp³-hybridized carbons (Fsp3) is 0.667. The third-order valence-electron chi connectivity index (χ3n) is 5.50. The fourth-order valence-electron chi connectivity index (χ4n) is 3.85. The van der Waals surface area contributed by atoms with Crippen molar-refractivity contribution in [2.45, 2.75) is 57.3 Å². The van der Waals surface area contributed by atoms with Crippen LogP contribution in [0.3, 0.4) is 0 Å². The Kier molecular flexibility index (Phi) is 3.43. The number of ether oxygens (including phenoxy) is 2. The van der Waals surface area contributed by atoms with Crippen molar-refractivity contribution in [3.63, 3.8) is 0 Å². The van der Waals surface area contributed by atoms with Crippen molar-refractivity contribution >= 4 is 0 Å². The Labute approximate surface area is 127 Å². The first-order valence-corrected chi connectivity index (χ1v) is 8.35. The molecule has 1 aromatic carbocycles. The molecule has 2 heterocycles. The number of fused-ring (bicyclic) bond motifs is 1. The van der Waals surface area contributed by atoms with E-state index in [0.717, 1.165) is 44.2 Å². The minimum Gasteiger partial charge on any atom is -0.490 e. The Morgan fingerprint density at radius 3 is 2.86 bits per heavy atom. The van der Waals surface area contributed by atoms with E-state index >= 15 is 0 Å². The minimum atomic E-state index is 0.245. The fourth-order valence-corrected chi connectivity index (χ4v) is 3.85. The van der Waals surface area contributed by atoms with Gasteiger partial charge in [0.2, 0.25) is 0 Å². The van der Waals surface area contributed by atoms with Gasteiger partial charge in [-0.2, -0.15) is 0 Å². The summed E-state index contributed by atoms with van der Waals surface area (Å²) in [5.41, 5.74) is 1.61. The smallest absolute Gasteiger partial charge is 0.123 e. The lowest BCUT2D eigenvalue weighted by molar-refractivity contribution is 0.0367. The highest BCUT2D eigenvalue weighted by molar-refractivity contribution is 5.37. The number of rotatable bonds is 5. The summed E-state index contributed by atoms with van der Waals surface area (Å²) < 4.78 is 12.1. The number of nitrogens with one attached hydrogen (secondary N) is 1. The van der Waals surface area contributed by atoms with Crippen LogP contribution in [0.5, 0.6) is 5.75 Å². The quantitative estimate of drug-likeness (QED) is 0.903. The summed E-state index contributed by atoms with van der Waals surface area (Å²) in [4.78, 5) is 0. The van der Waals surface area contributed by atoms with Crippen LogP contribution in [0.2, 0.25) is 0 Å². The van der Waals surface area contributed by atoms with Crippen molar-refractivity contribution in [3.05, 3.63) is 29.8 Å². The summed E-state index contributed by atoms with van der Waals surface area (Å²) in [6.07, 6.45) is 6.64. The highest BCUT2D eigenvalue weighted by Crippen LogP contribution is 2.42. The second-order valence-electron chi connectivity index (χ2n) is 7.04. The Bertz CT molecular complexity index is 489. The maximum atomic E-state index is 6.18. The van der Waals surface area contributed by atoms with Crippen molar-refractivity contribution in [1.82, 2.24) is 5.32 Å². The Hall–Kier alpha value is -1.06. The topological polar surface area (TPSA) is 30.5 Å². The molecule has 1 saturated carbocycles. The normalized spacial score (nSPS) is 34.7. The molecule has 3 heteroatoms. The van der Waals surface area contributed by atoms with E-state index < -0.39 is 0 Å². The lowest BCUT2D eigenvalue weighted by Gasteiger charge is -2.34. The minimum absolute atomic E-state index is 0.245. The summed E-state index contributed by atoms with van der Waals surface area (Å²) in [5, 5.41) is 3.73. The predicted molar refractivity (Wildman–Crippen MR) is 82.7 cm³/mol. The second kappa shape index (κ2) is 5.29. The van der Waals surface area contributed by atoms with Crippen LogP contribution in [0, 0.1) is 5.41 Å². The van der Waals surface area contributed by atoms with E-state index in [4.69, 9.17) is 9.47 Å². The van der Waals surface area contributed by atoms with Crippen LogP contribution < -0.4 is 10.1 Å². The molecule has 3 atom stereocenters. The van der Waals surface area contributed by atoms with Gasteiger partial charge < -0.3 is 14.8 Å². The van der Waals surface area contributed by atoms with Gasteiger partial charge in [-0.15, -0.1) is 0 Å². The molecule has 4 rings (SSSR count). The van der Waals surface area contributed by atoms with E-state index in [9.17, 15) is 0 Å². The van der Waals surface area contributed by atoms with Gasteiger partial charge in [-0.1, -0.05) is 18.2 Å². The first kappa shape index (κ1) is 13.6. The standard InChI is InChI=1S/C18H25NO2/c1-13-18(8-9-20-13,12-19-15-6-7-15)11-16-10-14-4-2-3-5-17(14)21-16/h2-5,13,15-16,19H,6-12H2,1H3. The molecule has 0 radical (unpaired) electrons. The summed E-state index contributed by atoms with van der Waals surface area (Å²) in [6.45, 7) is 4.21. The first-order chi connectivity index (χ1) is 10.3. The molecule has 0 aromatic heterocycles. The molecule has 21 heavy (non-hydrogen) atoms. The summed E-state index contributed by atoms with van der Waals surface area (Å²) in [5.74, 6) is 1.08. The highest BCUT2D eigenvalue weighted by atomic mass is 16.5. The van der Waals surface area contributed by atoms with Crippen molar-refractivity contribution in [2.24, 2.45) is 5.41 Å². The van der Waals surface area contributed by atoms with E-state index in [2.05, 4.69) is 36.5 Å². The van der Waals surface area contributed by atoms with Crippen LogP contribution >= 0.6 is 0 Å². The van der Waals surface area contributed by atoms with Crippen LogP contribution in [0.1, 0.15) is 38.2 Å². The molecule has 0 bridgehead atoms. The average Bonchev–Trinajstić information content (AvgIpc) is 3.13. The Balaban J connectivity index is 1.45. The van der Waals surface area contributed by atoms with Crippen molar-refractivity contribution in [1.29, 1.82) is 0 Å². The average molecular weight is 287 g/mol. The Morgan fingerprint density at radius 1 is 1.29 bits per heavy atom. The van der Waals surface area contributed by atoms with Crippen molar-refractivity contribution < 1.29 is 9.47 Å². The predicted octanol–water partition coefficient (Wildman–Crippen LogP) is 2.93. The first-order valence-electron chi connectivity index (χ1n) is 8.35. The van der Waals surface area contributed by atoms with Gasteiger partial charge in [0, 0.05) is 31.0 Å². The monoisotopic (exact) mass is 287 g/mol. The van der Waals surface area contributed by atoms with E-state index in [1.54, 1.807) is 0 Å². The van der Waals surface area contributed by atoms with Gasteiger partial charge in [0.05, 0.1) is 6.10 Å². The van der Waals surface area contributed by atoms with Crippen LogP contribution in [0.25, 0.3) is 0 Å². The number of para-hydroxylation sites is 1. The molecule has 1 saturated heterocycles. The van der Waals surface area contributed by atoms with Gasteiger partial charge in [0.15, 0.2) is 0 Å². The summed E-state index contributed by atoms with van der Waals surface area (Å²) in [7, 11) is 0. The molecule has 2 fully saturated rings. The van der Waals surface area contributed by atoms with Gasteiger partial charge in [-0.05, 0) is 44.2 Å². The summed E-state index contributed by atoms with van der Waals surface area (Å²) in [6, 6.07) is 9.22. The van der Waals surface area contributed by atoms with E-state index in [1.165, 1.54) is 18.4 Å². The van der Waals surface area contributed by atoms with Crippen molar-refractivity contribution in [3.8, 4) is 5.75 Å². The molecule has 3 nitrogen and oxygen atoms in total. The van der Waals surface area contributed by atoms with E-state index in [0.29, 0.717) is 12.2 Å². The number of hydrogen-bond donors (Lipinski definition) is 1. The van der Waals surface area contributed by atoms with Crippen molar-refractivity contribution in [2.75, 3.05) is 13.2 Å². The zero-order chi connectivity index (χ0) is 14.3. The van der Waals surface area contributed by atoms with Gasteiger partial charge in [-0.3, -0.25) is 0 Å². The SMILES string of the molecule is CC1OCCC1(CNC1CC1)CC1Cc2ccccc2O1. The summed E-state index contributed by atoms with van der Waals surface area (Å²) >= 11 is 0. The lowest BCUT2D eigenvalue weighted by atomic mass is 9.76. The highest BCUT2D eigenvalue weighted by Gasteiger charge is 2.45. The molecular formula is C18H25NO2. The zero-order valence-electron chi connectivity index (χ0n) is 12.8. The molecule has 1 aromatic rings. The van der Waals surface area contributed by atoms with Crippen LogP contribution in [0.15, 0.2) is 24.3 Å². The molecule has 3 unspecified atom stereocenters. The van der Waals surface area contributed by atoms with Gasteiger partial charge in [0.1, 0.15) is 11.9 Å². The largest absolute Gasteiger partial charge is 0.490 e. The molecule has 114 valence electrons. The molecule has 3 aliphatic rings. The van der Waals surface area contributed by atoms with E-state index in [-0.39, 0.29) is 5.41 Å². The number of hydrogen-bond acceptors (Lipinski definition) is 3. The maximum Gasteiger partial charge on any atom is 0.123 e. The van der Waals surface area contributed by atoms with Crippen LogP contribution in [-0.2, 0) is 11.2 Å². The molecule has 1 N–H and O–H groups in total. The third kappa shape index (κ3) is 2.69. The van der Waals surface area contributed by atoms with Crippen LogP contribution in [0.4, 0.5) is 0 Å². The van der Waals surface area contributed by atoms with Gasteiger partial charge in [-0.25, -0.2) is 0 Å².